The Morgan fingerprint density at radius 1 is 1.05 bits per heavy atom. The number of carbonyl (C=O) groups is 3. The minimum absolute atomic E-state index is 0.0667. The average molecular weight is 302 g/mol. The summed E-state index contributed by atoms with van der Waals surface area (Å²) >= 11 is 0. The maximum absolute atomic E-state index is 12.3. The molecule has 0 aliphatic heterocycles. The van der Waals surface area contributed by atoms with E-state index < -0.39 is 23.7 Å². The Bertz CT molecular complexity index is 372. The van der Waals surface area contributed by atoms with Gasteiger partial charge in [-0.2, -0.15) is 0 Å². The van der Waals surface area contributed by atoms with E-state index in [2.05, 4.69) is 4.74 Å². The highest BCUT2D eigenvalue weighted by Gasteiger charge is 2.30. The number of methoxy groups -OCH3 is 1. The van der Waals surface area contributed by atoms with Gasteiger partial charge < -0.3 is 14.4 Å². The molecule has 7 nitrogen and oxygen atoms in total. The molecule has 0 aliphatic carbocycles. The summed E-state index contributed by atoms with van der Waals surface area (Å²) in [6.45, 7) is 9.63. The van der Waals surface area contributed by atoms with Gasteiger partial charge in [-0.05, 0) is 34.6 Å². The van der Waals surface area contributed by atoms with Crippen molar-refractivity contribution in [2.75, 3.05) is 26.7 Å². The van der Waals surface area contributed by atoms with Crippen LogP contribution in [-0.4, -0.2) is 60.2 Å². The minimum atomic E-state index is -0.761. The molecule has 122 valence electrons. The van der Waals surface area contributed by atoms with E-state index in [-0.39, 0.29) is 13.0 Å². The van der Waals surface area contributed by atoms with Crippen LogP contribution in [0.25, 0.3) is 0 Å². The summed E-state index contributed by atoms with van der Waals surface area (Å²) in [4.78, 5) is 38.1. The van der Waals surface area contributed by atoms with E-state index in [0.29, 0.717) is 13.1 Å². The Labute approximate surface area is 126 Å². The number of hydrogen-bond acceptors (Lipinski definition) is 5. The zero-order valence-electron chi connectivity index (χ0n) is 13.8. The van der Waals surface area contributed by atoms with Crippen molar-refractivity contribution >= 4 is 18.1 Å². The molecule has 7 heteroatoms. The van der Waals surface area contributed by atoms with Gasteiger partial charge in [0.05, 0.1) is 13.5 Å². The van der Waals surface area contributed by atoms with Crippen LogP contribution >= 0.6 is 0 Å². The molecule has 0 radical (unpaired) electrons. The second-order valence-corrected chi connectivity index (χ2v) is 5.41. The summed E-state index contributed by atoms with van der Waals surface area (Å²) < 4.78 is 9.74. The molecule has 0 fully saturated rings. The number of ether oxygens (including phenoxy) is 2. The van der Waals surface area contributed by atoms with Gasteiger partial charge in [-0.1, -0.05) is 0 Å². The average Bonchev–Trinajstić information content (AvgIpc) is 2.37. The Kier molecular flexibility index (Phi) is 7.76. The normalized spacial score (nSPS) is 10.8. The predicted molar refractivity (Wildman–Crippen MR) is 77.9 cm³/mol. The van der Waals surface area contributed by atoms with Crippen LogP contribution < -0.4 is 0 Å². The van der Waals surface area contributed by atoms with Gasteiger partial charge in [-0.3, -0.25) is 4.79 Å². The van der Waals surface area contributed by atoms with Gasteiger partial charge in [0, 0.05) is 19.6 Å². The van der Waals surface area contributed by atoms with Crippen molar-refractivity contribution in [1.82, 2.24) is 9.80 Å². The number of imide groups is 1. The van der Waals surface area contributed by atoms with E-state index in [9.17, 15) is 14.4 Å². The lowest BCUT2D eigenvalue weighted by molar-refractivity contribution is -0.140. The van der Waals surface area contributed by atoms with Gasteiger partial charge in [0.1, 0.15) is 5.60 Å². The van der Waals surface area contributed by atoms with Gasteiger partial charge in [-0.25, -0.2) is 14.5 Å². The first-order valence-electron chi connectivity index (χ1n) is 7.02. The highest BCUT2D eigenvalue weighted by molar-refractivity contribution is 5.91. The van der Waals surface area contributed by atoms with Crippen LogP contribution in [0.5, 0.6) is 0 Å². The summed E-state index contributed by atoms with van der Waals surface area (Å²) in [5, 5.41) is 0. The second-order valence-electron chi connectivity index (χ2n) is 5.41. The predicted octanol–water partition coefficient (Wildman–Crippen LogP) is 2.25. The van der Waals surface area contributed by atoms with E-state index in [1.807, 2.05) is 13.8 Å². The highest BCUT2D eigenvalue weighted by atomic mass is 16.6. The molecule has 0 heterocycles. The number of rotatable bonds is 5. The van der Waals surface area contributed by atoms with Crippen molar-refractivity contribution in [3.05, 3.63) is 0 Å². The molecular weight excluding hydrogens is 276 g/mol. The highest BCUT2D eigenvalue weighted by Crippen LogP contribution is 2.12. The zero-order chi connectivity index (χ0) is 16.6. The maximum Gasteiger partial charge on any atom is 0.418 e. The van der Waals surface area contributed by atoms with Crippen LogP contribution in [0.4, 0.5) is 9.59 Å². The number of amides is 3. The summed E-state index contributed by atoms with van der Waals surface area (Å²) in [5.41, 5.74) is -0.718. The molecule has 0 bridgehead atoms. The zero-order valence-corrected chi connectivity index (χ0v) is 13.8. The van der Waals surface area contributed by atoms with Crippen molar-refractivity contribution in [2.24, 2.45) is 0 Å². The summed E-state index contributed by atoms with van der Waals surface area (Å²) in [7, 11) is 1.26. The topological polar surface area (TPSA) is 76.2 Å². The number of esters is 1. The standard InChI is InChI=1S/C14H26N2O5/c1-7-15(8-2)12(18)16(10-9-11(17)20-6)13(19)21-14(3,4)5/h7-10H2,1-6H3. The molecule has 0 aromatic heterocycles. The lowest BCUT2D eigenvalue weighted by Crippen LogP contribution is -2.48. The fourth-order valence-corrected chi connectivity index (χ4v) is 1.55. The smallest absolute Gasteiger partial charge is 0.418 e. The fourth-order valence-electron chi connectivity index (χ4n) is 1.55. The van der Waals surface area contributed by atoms with Crippen LogP contribution in [0.3, 0.4) is 0 Å². The number of hydrogen-bond donors (Lipinski definition) is 0. The molecule has 0 atom stereocenters. The molecule has 0 aromatic rings. The molecule has 0 spiro atoms. The summed E-state index contributed by atoms with van der Waals surface area (Å²) in [6, 6.07) is -0.474. The van der Waals surface area contributed by atoms with Crippen LogP contribution in [0.2, 0.25) is 0 Å². The second kappa shape index (κ2) is 8.49. The first kappa shape index (κ1) is 19.2. The largest absolute Gasteiger partial charge is 0.469 e. The third kappa shape index (κ3) is 6.97. The van der Waals surface area contributed by atoms with Crippen molar-refractivity contribution in [2.45, 2.75) is 46.6 Å². The SMILES string of the molecule is CCN(CC)C(=O)N(CCC(=O)OC)C(=O)OC(C)(C)C. The maximum atomic E-state index is 12.3. The molecule has 0 rings (SSSR count). The molecule has 0 unspecified atom stereocenters. The fraction of sp³-hybridized carbons (Fsp3) is 0.786. The summed E-state index contributed by atoms with van der Waals surface area (Å²) in [5.74, 6) is -0.490. The van der Waals surface area contributed by atoms with E-state index in [1.54, 1.807) is 20.8 Å². The van der Waals surface area contributed by atoms with Gasteiger partial charge in [0.2, 0.25) is 0 Å². The first-order chi connectivity index (χ1) is 9.66. The molecule has 21 heavy (non-hydrogen) atoms. The van der Waals surface area contributed by atoms with E-state index in [0.717, 1.165) is 4.90 Å². The third-order valence-electron chi connectivity index (χ3n) is 2.65. The number of urea groups is 1. The number of nitrogens with zero attached hydrogens (tertiary/aromatic N) is 2. The lowest BCUT2D eigenvalue weighted by Gasteiger charge is -2.29. The lowest BCUT2D eigenvalue weighted by atomic mass is 10.2. The van der Waals surface area contributed by atoms with E-state index in [1.165, 1.54) is 12.0 Å². The van der Waals surface area contributed by atoms with E-state index in [4.69, 9.17) is 4.74 Å². The van der Waals surface area contributed by atoms with Crippen LogP contribution in [0.1, 0.15) is 41.0 Å². The van der Waals surface area contributed by atoms with Gasteiger partial charge in [0.25, 0.3) is 0 Å². The molecule has 0 saturated heterocycles. The van der Waals surface area contributed by atoms with Crippen LogP contribution in [0.15, 0.2) is 0 Å². The minimum Gasteiger partial charge on any atom is -0.469 e. The summed E-state index contributed by atoms with van der Waals surface area (Å²) in [6.07, 6.45) is -0.828. The van der Waals surface area contributed by atoms with Crippen LogP contribution in [-0.2, 0) is 14.3 Å². The van der Waals surface area contributed by atoms with Gasteiger partial charge >= 0.3 is 18.1 Å². The van der Waals surface area contributed by atoms with Crippen molar-refractivity contribution in [1.29, 1.82) is 0 Å². The quantitative estimate of drug-likeness (QED) is 0.728. The molecule has 0 saturated carbocycles. The van der Waals surface area contributed by atoms with Crippen molar-refractivity contribution < 1.29 is 23.9 Å². The van der Waals surface area contributed by atoms with Crippen molar-refractivity contribution in [3.63, 3.8) is 0 Å². The molecule has 0 aromatic carbocycles. The monoisotopic (exact) mass is 302 g/mol. The Morgan fingerprint density at radius 3 is 1.95 bits per heavy atom. The molecule has 0 aliphatic rings. The van der Waals surface area contributed by atoms with Gasteiger partial charge in [-0.15, -0.1) is 0 Å². The molecule has 0 N–H and O–H groups in total. The third-order valence-corrected chi connectivity index (χ3v) is 2.65. The molecule has 3 amide bonds. The Morgan fingerprint density at radius 2 is 1.57 bits per heavy atom. The Balaban J connectivity index is 5.03. The van der Waals surface area contributed by atoms with E-state index >= 15 is 0 Å². The number of carbonyl (C=O) groups excluding carboxylic acids is 3. The molecular formula is C14H26N2O5. The van der Waals surface area contributed by atoms with Gasteiger partial charge in [0.15, 0.2) is 0 Å². The Hall–Kier alpha value is -1.79. The van der Waals surface area contributed by atoms with Crippen LogP contribution in [0, 0.1) is 0 Å². The first-order valence-corrected chi connectivity index (χ1v) is 7.02. The van der Waals surface area contributed by atoms with Crippen molar-refractivity contribution in [3.8, 4) is 0 Å².